The molecule has 1 amide bonds. The lowest BCUT2D eigenvalue weighted by atomic mass is 9.96. The van der Waals surface area contributed by atoms with Gasteiger partial charge in [-0.1, -0.05) is 6.92 Å². The Morgan fingerprint density at radius 3 is 2.29 bits per heavy atom. The van der Waals surface area contributed by atoms with E-state index in [1.54, 1.807) is 0 Å². The van der Waals surface area contributed by atoms with Crippen molar-refractivity contribution in [1.82, 2.24) is 5.32 Å². The smallest absolute Gasteiger partial charge is 0.224 e. The van der Waals surface area contributed by atoms with E-state index in [0.29, 0.717) is 5.92 Å². The SMILES string of the molecule is CC(N)C(C)C(=O)NC(C)(C)C1CC1. The van der Waals surface area contributed by atoms with Crippen LogP contribution in [0.1, 0.15) is 40.5 Å². The molecule has 1 aliphatic carbocycles. The molecule has 1 saturated carbocycles. The van der Waals surface area contributed by atoms with Crippen molar-refractivity contribution in [2.24, 2.45) is 17.6 Å². The highest BCUT2D eigenvalue weighted by Gasteiger charge is 2.39. The van der Waals surface area contributed by atoms with Gasteiger partial charge >= 0.3 is 0 Å². The molecular weight excluding hydrogens is 176 g/mol. The Morgan fingerprint density at radius 2 is 1.93 bits per heavy atom. The van der Waals surface area contributed by atoms with E-state index in [-0.39, 0.29) is 23.4 Å². The van der Waals surface area contributed by atoms with Crippen LogP contribution in [0.25, 0.3) is 0 Å². The molecule has 3 heteroatoms. The van der Waals surface area contributed by atoms with Crippen molar-refractivity contribution in [3.63, 3.8) is 0 Å². The molecule has 0 radical (unpaired) electrons. The van der Waals surface area contributed by atoms with E-state index in [9.17, 15) is 4.79 Å². The number of carbonyl (C=O) groups is 1. The summed E-state index contributed by atoms with van der Waals surface area (Å²) in [5.41, 5.74) is 5.63. The standard InChI is InChI=1S/C11H22N2O/c1-7(8(2)12)10(14)13-11(3,4)9-5-6-9/h7-9H,5-6,12H2,1-4H3,(H,13,14). The summed E-state index contributed by atoms with van der Waals surface area (Å²) in [6.45, 7) is 7.93. The molecule has 2 unspecified atom stereocenters. The Labute approximate surface area is 86.4 Å². The van der Waals surface area contributed by atoms with Crippen molar-refractivity contribution in [2.45, 2.75) is 52.1 Å². The second kappa shape index (κ2) is 3.89. The number of amides is 1. The number of nitrogens with one attached hydrogen (secondary N) is 1. The number of rotatable bonds is 4. The van der Waals surface area contributed by atoms with E-state index < -0.39 is 0 Å². The van der Waals surface area contributed by atoms with Gasteiger partial charge in [0.2, 0.25) is 5.91 Å². The fourth-order valence-electron chi connectivity index (χ4n) is 1.58. The van der Waals surface area contributed by atoms with Gasteiger partial charge in [0.05, 0.1) is 0 Å². The number of carbonyl (C=O) groups excluding carboxylic acids is 1. The van der Waals surface area contributed by atoms with E-state index in [0.717, 1.165) is 0 Å². The molecule has 1 rings (SSSR count). The average molecular weight is 198 g/mol. The second-order valence-electron chi connectivity index (χ2n) is 5.13. The van der Waals surface area contributed by atoms with Gasteiger partial charge in [0.1, 0.15) is 0 Å². The normalized spacial score (nSPS) is 21.5. The molecule has 0 aliphatic heterocycles. The van der Waals surface area contributed by atoms with Gasteiger partial charge in [-0.05, 0) is 39.5 Å². The van der Waals surface area contributed by atoms with E-state index >= 15 is 0 Å². The fourth-order valence-corrected chi connectivity index (χ4v) is 1.58. The van der Waals surface area contributed by atoms with Gasteiger partial charge in [0.15, 0.2) is 0 Å². The maximum Gasteiger partial charge on any atom is 0.224 e. The molecule has 1 aliphatic rings. The van der Waals surface area contributed by atoms with Gasteiger partial charge in [0.25, 0.3) is 0 Å². The zero-order valence-electron chi connectivity index (χ0n) is 9.63. The minimum absolute atomic E-state index is 0.0553. The minimum atomic E-state index is -0.104. The van der Waals surface area contributed by atoms with Gasteiger partial charge in [-0.3, -0.25) is 4.79 Å². The molecule has 0 aromatic heterocycles. The molecule has 0 aromatic rings. The highest BCUT2D eigenvalue weighted by Crippen LogP contribution is 2.39. The maximum absolute atomic E-state index is 11.7. The van der Waals surface area contributed by atoms with Gasteiger partial charge in [-0.2, -0.15) is 0 Å². The van der Waals surface area contributed by atoms with E-state index in [1.165, 1.54) is 12.8 Å². The van der Waals surface area contributed by atoms with Crippen LogP contribution in [0.5, 0.6) is 0 Å². The van der Waals surface area contributed by atoms with Crippen molar-refractivity contribution in [2.75, 3.05) is 0 Å². The molecule has 82 valence electrons. The summed E-state index contributed by atoms with van der Waals surface area (Å²) in [5, 5.41) is 3.08. The Balaban J connectivity index is 2.46. The highest BCUT2D eigenvalue weighted by atomic mass is 16.2. The fraction of sp³-hybridized carbons (Fsp3) is 0.909. The lowest BCUT2D eigenvalue weighted by Gasteiger charge is -2.28. The lowest BCUT2D eigenvalue weighted by Crippen LogP contribution is -2.49. The Bertz CT molecular complexity index is 219. The van der Waals surface area contributed by atoms with Crippen molar-refractivity contribution in [3.05, 3.63) is 0 Å². The first-order valence-electron chi connectivity index (χ1n) is 5.42. The largest absolute Gasteiger partial charge is 0.351 e. The van der Waals surface area contributed by atoms with Crippen LogP contribution in [-0.2, 0) is 4.79 Å². The third-order valence-corrected chi connectivity index (χ3v) is 3.25. The van der Waals surface area contributed by atoms with E-state index in [2.05, 4.69) is 19.2 Å². The van der Waals surface area contributed by atoms with Crippen LogP contribution in [0, 0.1) is 11.8 Å². The summed E-state index contributed by atoms with van der Waals surface area (Å²) in [4.78, 5) is 11.7. The molecule has 0 aromatic carbocycles. The average Bonchev–Trinajstić information content (AvgIpc) is 2.83. The van der Waals surface area contributed by atoms with Crippen molar-refractivity contribution >= 4 is 5.91 Å². The number of nitrogens with two attached hydrogens (primary N) is 1. The third-order valence-electron chi connectivity index (χ3n) is 3.25. The van der Waals surface area contributed by atoms with Crippen LogP contribution >= 0.6 is 0 Å². The van der Waals surface area contributed by atoms with Crippen LogP contribution in [-0.4, -0.2) is 17.5 Å². The van der Waals surface area contributed by atoms with E-state index in [4.69, 9.17) is 5.73 Å². The first-order valence-corrected chi connectivity index (χ1v) is 5.42. The molecule has 14 heavy (non-hydrogen) atoms. The number of hydrogen-bond acceptors (Lipinski definition) is 2. The summed E-state index contributed by atoms with van der Waals surface area (Å²) in [6, 6.07) is -0.0787. The number of hydrogen-bond donors (Lipinski definition) is 2. The predicted molar refractivity (Wildman–Crippen MR) is 57.8 cm³/mol. The van der Waals surface area contributed by atoms with E-state index in [1.807, 2.05) is 13.8 Å². The highest BCUT2D eigenvalue weighted by molar-refractivity contribution is 5.79. The monoisotopic (exact) mass is 198 g/mol. The van der Waals surface area contributed by atoms with Crippen molar-refractivity contribution in [1.29, 1.82) is 0 Å². The summed E-state index contributed by atoms with van der Waals surface area (Å²) >= 11 is 0. The zero-order chi connectivity index (χ0) is 10.9. The maximum atomic E-state index is 11.7. The van der Waals surface area contributed by atoms with Crippen LogP contribution in [0.15, 0.2) is 0 Å². The Morgan fingerprint density at radius 1 is 1.43 bits per heavy atom. The summed E-state index contributed by atoms with van der Waals surface area (Å²) < 4.78 is 0. The Hall–Kier alpha value is -0.570. The molecule has 2 atom stereocenters. The molecule has 1 fully saturated rings. The molecule has 0 heterocycles. The molecule has 3 nitrogen and oxygen atoms in total. The van der Waals surface area contributed by atoms with Crippen LogP contribution in [0.3, 0.4) is 0 Å². The first-order chi connectivity index (χ1) is 6.34. The van der Waals surface area contributed by atoms with Gasteiger partial charge in [-0.15, -0.1) is 0 Å². The van der Waals surface area contributed by atoms with Crippen molar-refractivity contribution < 1.29 is 4.79 Å². The topological polar surface area (TPSA) is 55.1 Å². The van der Waals surface area contributed by atoms with Crippen LogP contribution in [0.2, 0.25) is 0 Å². The third kappa shape index (κ3) is 2.71. The van der Waals surface area contributed by atoms with Gasteiger partial charge in [0, 0.05) is 17.5 Å². The quantitative estimate of drug-likeness (QED) is 0.715. The van der Waals surface area contributed by atoms with Crippen molar-refractivity contribution in [3.8, 4) is 0 Å². The summed E-state index contributed by atoms with van der Waals surface area (Å²) in [6.07, 6.45) is 2.47. The second-order valence-corrected chi connectivity index (χ2v) is 5.13. The zero-order valence-corrected chi connectivity index (χ0v) is 9.63. The summed E-state index contributed by atoms with van der Waals surface area (Å²) in [5.74, 6) is 0.636. The minimum Gasteiger partial charge on any atom is -0.351 e. The molecule has 3 N–H and O–H groups in total. The predicted octanol–water partition coefficient (Wildman–Crippen LogP) is 1.27. The molecule has 0 spiro atoms. The van der Waals surface area contributed by atoms with Gasteiger partial charge in [-0.25, -0.2) is 0 Å². The van der Waals surface area contributed by atoms with Gasteiger partial charge < -0.3 is 11.1 Å². The lowest BCUT2D eigenvalue weighted by molar-refractivity contribution is -0.126. The Kier molecular flexibility index (Phi) is 3.20. The summed E-state index contributed by atoms with van der Waals surface area (Å²) in [7, 11) is 0. The van der Waals surface area contributed by atoms with Crippen LogP contribution < -0.4 is 11.1 Å². The molecule has 0 saturated heterocycles. The molecular formula is C11H22N2O. The van der Waals surface area contributed by atoms with Crippen LogP contribution in [0.4, 0.5) is 0 Å². The molecule has 0 bridgehead atoms. The first kappa shape index (κ1) is 11.5.